The Hall–Kier alpha value is -3.15. The van der Waals surface area contributed by atoms with E-state index in [2.05, 4.69) is 15.4 Å². The first-order valence-electron chi connectivity index (χ1n) is 7.39. The maximum atomic E-state index is 12.1. The third-order valence-electron chi connectivity index (χ3n) is 3.34. The Kier molecular flexibility index (Phi) is 6.08. The van der Waals surface area contributed by atoms with E-state index in [1.807, 2.05) is 6.07 Å². The van der Waals surface area contributed by atoms with E-state index in [0.717, 1.165) is 0 Å². The van der Waals surface area contributed by atoms with Crippen LogP contribution < -0.4 is 10.6 Å². The van der Waals surface area contributed by atoms with Crippen LogP contribution in [0.4, 0.5) is 5.69 Å². The second-order valence-corrected chi connectivity index (χ2v) is 5.04. The fourth-order valence-electron chi connectivity index (χ4n) is 2.12. The number of rotatable bonds is 5. The van der Waals surface area contributed by atoms with Crippen molar-refractivity contribution in [3.63, 3.8) is 0 Å². The van der Waals surface area contributed by atoms with Crippen LogP contribution in [0.3, 0.4) is 0 Å². The fraction of sp³-hybridized carbons (Fsp3) is 0.167. The van der Waals surface area contributed by atoms with Crippen LogP contribution in [0.1, 0.15) is 18.0 Å². The van der Waals surface area contributed by atoms with Crippen LogP contribution >= 0.6 is 0 Å². The zero-order valence-electron chi connectivity index (χ0n) is 13.2. The van der Waals surface area contributed by atoms with Gasteiger partial charge in [-0.2, -0.15) is 0 Å². The van der Waals surface area contributed by atoms with Gasteiger partial charge in [0, 0.05) is 5.69 Å². The summed E-state index contributed by atoms with van der Waals surface area (Å²) in [6.07, 6.45) is -0.0646. The number of ether oxygens (including phenoxy) is 1. The highest BCUT2D eigenvalue weighted by Crippen LogP contribution is 2.17. The lowest BCUT2D eigenvalue weighted by atomic mass is 10.0. The fourth-order valence-corrected chi connectivity index (χ4v) is 2.12. The van der Waals surface area contributed by atoms with Crippen LogP contribution in [0, 0.1) is 0 Å². The second-order valence-electron chi connectivity index (χ2n) is 5.04. The van der Waals surface area contributed by atoms with E-state index in [1.165, 1.54) is 7.11 Å². The first kappa shape index (κ1) is 17.2. The number of hydrogen-bond donors (Lipinski definition) is 2. The average molecular weight is 326 g/mol. The van der Waals surface area contributed by atoms with Gasteiger partial charge in [-0.1, -0.05) is 48.5 Å². The molecule has 2 amide bonds. The summed E-state index contributed by atoms with van der Waals surface area (Å²) in [7, 11) is 1.27. The van der Waals surface area contributed by atoms with Gasteiger partial charge in [0.2, 0.25) is 0 Å². The smallest absolute Gasteiger partial charge is 0.313 e. The molecule has 6 heteroatoms. The molecule has 2 aromatic rings. The van der Waals surface area contributed by atoms with E-state index in [9.17, 15) is 14.4 Å². The largest absolute Gasteiger partial charge is 0.469 e. The number of hydrogen-bond acceptors (Lipinski definition) is 4. The van der Waals surface area contributed by atoms with E-state index >= 15 is 0 Å². The van der Waals surface area contributed by atoms with Gasteiger partial charge in [-0.25, -0.2) is 0 Å². The average Bonchev–Trinajstić information content (AvgIpc) is 2.62. The minimum absolute atomic E-state index is 0.0646. The molecule has 0 aliphatic rings. The summed E-state index contributed by atoms with van der Waals surface area (Å²) in [5.41, 5.74) is 1.23. The van der Waals surface area contributed by atoms with Gasteiger partial charge in [0.25, 0.3) is 0 Å². The summed E-state index contributed by atoms with van der Waals surface area (Å²) >= 11 is 0. The van der Waals surface area contributed by atoms with Crippen molar-refractivity contribution < 1.29 is 19.1 Å². The highest BCUT2D eigenvalue weighted by molar-refractivity contribution is 6.39. The molecule has 0 heterocycles. The van der Waals surface area contributed by atoms with Gasteiger partial charge in [-0.15, -0.1) is 0 Å². The Bertz CT molecular complexity index is 701. The molecule has 0 aliphatic carbocycles. The summed E-state index contributed by atoms with van der Waals surface area (Å²) in [5, 5.41) is 5.07. The van der Waals surface area contributed by atoms with Crippen LogP contribution in [-0.2, 0) is 19.1 Å². The van der Waals surface area contributed by atoms with Crippen molar-refractivity contribution in [3.05, 3.63) is 66.2 Å². The van der Waals surface area contributed by atoms with Crippen molar-refractivity contribution in [2.24, 2.45) is 0 Å². The molecule has 0 aromatic heterocycles. The molecule has 124 valence electrons. The molecule has 6 nitrogen and oxygen atoms in total. The van der Waals surface area contributed by atoms with Gasteiger partial charge in [-0.05, 0) is 17.7 Å². The maximum absolute atomic E-state index is 12.1. The lowest BCUT2D eigenvalue weighted by Crippen LogP contribution is -2.38. The normalized spacial score (nSPS) is 11.2. The number of benzene rings is 2. The van der Waals surface area contributed by atoms with E-state index in [4.69, 9.17) is 0 Å². The second kappa shape index (κ2) is 8.47. The molecule has 2 N–H and O–H groups in total. The third kappa shape index (κ3) is 4.95. The van der Waals surface area contributed by atoms with Gasteiger partial charge in [0.1, 0.15) is 0 Å². The summed E-state index contributed by atoms with van der Waals surface area (Å²) in [6.45, 7) is 0. The molecule has 24 heavy (non-hydrogen) atoms. The molecule has 0 spiro atoms. The summed E-state index contributed by atoms with van der Waals surface area (Å²) in [6, 6.07) is 16.9. The van der Waals surface area contributed by atoms with Crippen LogP contribution in [0.5, 0.6) is 0 Å². The van der Waals surface area contributed by atoms with E-state index < -0.39 is 23.8 Å². The molecule has 0 radical (unpaired) electrons. The van der Waals surface area contributed by atoms with Gasteiger partial charge in [-0.3, -0.25) is 14.4 Å². The number of anilines is 1. The zero-order chi connectivity index (χ0) is 17.4. The van der Waals surface area contributed by atoms with Gasteiger partial charge in [0.15, 0.2) is 0 Å². The zero-order valence-corrected chi connectivity index (χ0v) is 13.2. The molecule has 2 aromatic carbocycles. The third-order valence-corrected chi connectivity index (χ3v) is 3.34. The van der Waals surface area contributed by atoms with Crippen molar-refractivity contribution in [3.8, 4) is 0 Å². The molecule has 0 bridgehead atoms. The van der Waals surface area contributed by atoms with Crippen LogP contribution in [0.2, 0.25) is 0 Å². The Morgan fingerprint density at radius 1 is 0.917 bits per heavy atom. The molecule has 0 fully saturated rings. The minimum Gasteiger partial charge on any atom is -0.469 e. The monoisotopic (exact) mass is 326 g/mol. The van der Waals surface area contributed by atoms with E-state index in [-0.39, 0.29) is 6.42 Å². The molecule has 0 saturated carbocycles. The molecule has 1 unspecified atom stereocenters. The molecular weight excluding hydrogens is 308 g/mol. The molecule has 0 aliphatic heterocycles. The number of carbonyl (C=O) groups is 3. The number of para-hydroxylation sites is 1. The molecular formula is C18H18N2O4. The first-order chi connectivity index (χ1) is 11.6. The molecule has 0 saturated heterocycles. The van der Waals surface area contributed by atoms with Crippen molar-refractivity contribution in [1.29, 1.82) is 0 Å². The number of methoxy groups -OCH3 is 1. The highest BCUT2D eigenvalue weighted by Gasteiger charge is 2.22. The van der Waals surface area contributed by atoms with Crippen LogP contribution in [0.25, 0.3) is 0 Å². The molecule has 1 atom stereocenters. The van der Waals surface area contributed by atoms with Crippen LogP contribution in [-0.4, -0.2) is 24.9 Å². The Morgan fingerprint density at radius 2 is 1.50 bits per heavy atom. The predicted molar refractivity (Wildman–Crippen MR) is 89.0 cm³/mol. The standard InChI is InChI=1S/C18H18N2O4/c1-24-16(21)12-15(13-8-4-2-5-9-13)20-18(23)17(22)19-14-10-6-3-7-11-14/h2-11,15H,12H2,1H3,(H,19,22)(H,20,23). The highest BCUT2D eigenvalue weighted by atomic mass is 16.5. The molecule has 2 rings (SSSR count). The SMILES string of the molecule is COC(=O)CC(NC(=O)C(=O)Nc1ccccc1)c1ccccc1. The number of carbonyl (C=O) groups excluding carboxylic acids is 3. The van der Waals surface area contributed by atoms with Crippen molar-refractivity contribution in [1.82, 2.24) is 5.32 Å². The lowest BCUT2D eigenvalue weighted by Gasteiger charge is -2.18. The number of amides is 2. The van der Waals surface area contributed by atoms with Crippen molar-refractivity contribution in [2.75, 3.05) is 12.4 Å². The Morgan fingerprint density at radius 3 is 2.08 bits per heavy atom. The van der Waals surface area contributed by atoms with Gasteiger partial charge >= 0.3 is 17.8 Å². The van der Waals surface area contributed by atoms with E-state index in [0.29, 0.717) is 11.3 Å². The van der Waals surface area contributed by atoms with Gasteiger partial charge in [0.05, 0.1) is 19.6 Å². The van der Waals surface area contributed by atoms with Crippen molar-refractivity contribution >= 4 is 23.5 Å². The Labute approximate surface area is 139 Å². The topological polar surface area (TPSA) is 84.5 Å². The van der Waals surface area contributed by atoms with Crippen LogP contribution in [0.15, 0.2) is 60.7 Å². The number of esters is 1. The van der Waals surface area contributed by atoms with Crippen molar-refractivity contribution in [2.45, 2.75) is 12.5 Å². The maximum Gasteiger partial charge on any atom is 0.313 e. The quantitative estimate of drug-likeness (QED) is 0.650. The first-order valence-corrected chi connectivity index (χ1v) is 7.39. The Balaban J connectivity index is 2.06. The number of nitrogens with one attached hydrogen (secondary N) is 2. The predicted octanol–water partition coefficient (Wildman–Crippen LogP) is 2.05. The summed E-state index contributed by atoms with van der Waals surface area (Å²) < 4.78 is 4.65. The lowest BCUT2D eigenvalue weighted by molar-refractivity contribution is -0.142. The minimum atomic E-state index is -0.823. The summed E-state index contributed by atoms with van der Waals surface area (Å²) in [5.74, 6) is -2.10. The van der Waals surface area contributed by atoms with E-state index in [1.54, 1.807) is 54.6 Å². The van der Waals surface area contributed by atoms with Gasteiger partial charge < -0.3 is 15.4 Å². The summed E-state index contributed by atoms with van der Waals surface area (Å²) in [4.78, 5) is 35.7.